The average Bonchev–Trinajstić information content (AvgIpc) is 0.754. The highest BCUT2D eigenvalue weighted by atomic mass is 16.8. The van der Waals surface area contributed by atoms with Gasteiger partial charge >= 0.3 is 5.97 Å². The van der Waals surface area contributed by atoms with Crippen LogP contribution in [0.2, 0.25) is 0 Å². The Hall–Kier alpha value is -3.05. The molecule has 0 aromatic carbocycles. The lowest BCUT2D eigenvalue weighted by Gasteiger charge is -2.50. The molecule has 2 amide bonds. The number of aliphatic hydroxyl groups is 11. The van der Waals surface area contributed by atoms with Crippen LogP contribution in [0.15, 0.2) is 36.5 Å². The van der Waals surface area contributed by atoms with Gasteiger partial charge in [0, 0.05) is 19.8 Å². The quantitative estimate of drug-likeness (QED) is 0.0199. The van der Waals surface area contributed by atoms with E-state index in [1.807, 2.05) is 6.08 Å². The Bertz CT molecular complexity index is 2200. The maximum atomic E-state index is 13.5. The summed E-state index contributed by atoms with van der Waals surface area (Å²) in [6.07, 6.45) is 37.4. The molecule has 14 N–H and O–H groups in total. The van der Waals surface area contributed by atoms with E-state index in [1.54, 1.807) is 6.08 Å². The predicted octanol–water partition coefficient (Wildman–Crippen LogP) is 10.9. The number of carboxylic acid groups (broad SMARTS) is 1. The normalized spacial score (nSPS) is 26.7. The fraction of sp³-hybridized carbons (Fsp3) is 0.887. The first-order valence-electron chi connectivity index (χ1n) is 40.9. The third-order valence-corrected chi connectivity index (χ3v) is 20.6. The van der Waals surface area contributed by atoms with Crippen LogP contribution in [-0.4, -0.2) is 215 Å². The second kappa shape index (κ2) is 58.9. The van der Waals surface area contributed by atoms with Crippen LogP contribution >= 0.6 is 0 Å². The highest BCUT2D eigenvalue weighted by Gasteiger charge is 2.60. The minimum absolute atomic E-state index is 0.198. The third-order valence-electron chi connectivity index (χ3n) is 20.6. The summed E-state index contributed by atoms with van der Waals surface area (Å²) >= 11 is 0. The van der Waals surface area contributed by atoms with Crippen LogP contribution in [0, 0.1) is 0 Å². The fourth-order valence-electron chi connectivity index (χ4n) is 14.1. The van der Waals surface area contributed by atoms with Crippen LogP contribution < -0.4 is 10.6 Å². The van der Waals surface area contributed by atoms with Crippen LogP contribution in [0.5, 0.6) is 0 Å². The summed E-state index contributed by atoms with van der Waals surface area (Å²) in [6.45, 7) is 2.18. The molecule has 0 aromatic rings. The van der Waals surface area contributed by atoms with Crippen LogP contribution in [0.1, 0.15) is 316 Å². The van der Waals surface area contributed by atoms with Crippen LogP contribution in [-0.2, 0) is 42.8 Å². The molecule has 3 heterocycles. The van der Waals surface area contributed by atoms with Crippen molar-refractivity contribution in [3.05, 3.63) is 36.5 Å². The summed E-state index contributed by atoms with van der Waals surface area (Å²) in [7, 11) is 0. The zero-order chi connectivity index (χ0) is 75.3. The monoisotopic (exact) mass is 1470 g/mol. The van der Waals surface area contributed by atoms with Gasteiger partial charge in [-0.3, -0.25) is 9.59 Å². The van der Waals surface area contributed by atoms with E-state index in [9.17, 15) is 75.7 Å². The highest BCUT2D eigenvalue weighted by molar-refractivity contribution is 5.77. The largest absolute Gasteiger partial charge is 0.477 e. The van der Waals surface area contributed by atoms with Gasteiger partial charge in [-0.15, -0.1) is 0 Å². The number of unbranched alkanes of at least 4 members (excludes halogenated alkanes) is 40. The number of ether oxygens (including phenoxy) is 6. The van der Waals surface area contributed by atoms with E-state index in [0.29, 0.717) is 12.8 Å². The van der Waals surface area contributed by atoms with Crippen molar-refractivity contribution in [3.8, 4) is 0 Å². The predicted molar refractivity (Wildman–Crippen MR) is 398 cm³/mol. The topological polar surface area (TPSA) is 373 Å². The summed E-state index contributed by atoms with van der Waals surface area (Å²) < 4.78 is 34.9. The van der Waals surface area contributed by atoms with Gasteiger partial charge in [-0.1, -0.05) is 281 Å². The highest BCUT2D eigenvalue weighted by Crippen LogP contribution is 2.39. The maximum absolute atomic E-state index is 13.5. The molecular weight excluding hydrogens is 1320 g/mol. The number of allylic oxidation sites excluding steroid dienone is 5. The van der Waals surface area contributed by atoms with Gasteiger partial charge in [0.25, 0.3) is 5.79 Å². The van der Waals surface area contributed by atoms with Crippen LogP contribution in [0.4, 0.5) is 0 Å². The Labute approximate surface area is 618 Å². The van der Waals surface area contributed by atoms with Gasteiger partial charge < -0.3 is 100 Å². The minimum Gasteiger partial charge on any atom is -0.477 e. The molecule has 0 saturated carbocycles. The first kappa shape index (κ1) is 94.2. The summed E-state index contributed by atoms with van der Waals surface area (Å²) in [6, 6.07) is -2.62. The molecule has 0 radical (unpaired) electrons. The molecule has 3 fully saturated rings. The van der Waals surface area contributed by atoms with E-state index >= 15 is 0 Å². The molecule has 602 valence electrons. The van der Waals surface area contributed by atoms with Crippen molar-refractivity contribution >= 4 is 17.8 Å². The van der Waals surface area contributed by atoms with Crippen molar-refractivity contribution in [1.82, 2.24) is 10.6 Å². The zero-order valence-corrected chi connectivity index (χ0v) is 63.7. The Morgan fingerprint density at radius 3 is 1.37 bits per heavy atom. The molecule has 0 spiro atoms. The Balaban J connectivity index is 1.52. The molecule has 3 aliphatic heterocycles. The summed E-state index contributed by atoms with van der Waals surface area (Å²) in [4.78, 5) is 38.7. The molecule has 18 atom stereocenters. The molecular formula is C80H146N2O21. The van der Waals surface area contributed by atoms with E-state index in [-0.39, 0.29) is 12.3 Å². The Morgan fingerprint density at radius 1 is 0.515 bits per heavy atom. The van der Waals surface area contributed by atoms with Crippen molar-refractivity contribution in [2.75, 3.05) is 26.4 Å². The van der Waals surface area contributed by atoms with Crippen molar-refractivity contribution in [2.24, 2.45) is 0 Å². The first-order valence-corrected chi connectivity index (χ1v) is 40.9. The first-order chi connectivity index (χ1) is 49.9. The standard InChI is InChI=1S/C80H146N2O21/c1-4-6-8-10-12-14-16-18-20-22-24-26-28-29-30-31-32-34-36-38-40-42-44-46-48-50-52-54-67(90)82-61(62(87)53-51-49-47-45-43-41-39-37-35-33-27-25-23-21-19-17-15-13-11-9-7-5-2)59-98-77-72(94)71(93)74(66(58-85)100-77)101-78-73(95)76(70(92)65(57-84)99-78)103-80(79(96)97)55-63(88)68(81-60(3)86)75(102-80)69(91)64(89)56-83/h24,26,29-30,51,53,61-66,68-78,83-85,87-89,91-95H,4-23,25,27-28,31-50,52,54-59H2,1-3H3,(H,81,86)(H,82,90)(H,96,97)/b26-24-,30-29-,53-51+. The molecule has 103 heavy (non-hydrogen) atoms. The van der Waals surface area contributed by atoms with E-state index in [2.05, 4.69) is 48.8 Å². The lowest BCUT2D eigenvalue weighted by Crippen LogP contribution is -2.70. The van der Waals surface area contributed by atoms with E-state index in [0.717, 1.165) is 64.7 Å². The number of rotatable bonds is 64. The maximum Gasteiger partial charge on any atom is 0.364 e. The van der Waals surface area contributed by atoms with Crippen LogP contribution in [0.3, 0.4) is 0 Å². The second-order valence-corrected chi connectivity index (χ2v) is 29.6. The smallest absolute Gasteiger partial charge is 0.364 e. The minimum atomic E-state index is -3.08. The second-order valence-electron chi connectivity index (χ2n) is 29.6. The van der Waals surface area contributed by atoms with E-state index in [4.69, 9.17) is 28.4 Å². The summed E-state index contributed by atoms with van der Waals surface area (Å²) in [5.74, 6) is -6.14. The summed E-state index contributed by atoms with van der Waals surface area (Å²) in [5, 5.41) is 136. The van der Waals surface area contributed by atoms with Crippen LogP contribution in [0.25, 0.3) is 0 Å². The van der Waals surface area contributed by atoms with Crippen molar-refractivity contribution in [1.29, 1.82) is 0 Å². The third kappa shape index (κ3) is 39.2. The Kier molecular flexibility index (Phi) is 53.8. The SMILES string of the molecule is CCCCCCCCCCC/C=C\C/C=C\CCCCCCCCCCCCCC(=O)NC(COC1OC(CO)C(OC2OC(CO)C(O)C(OC3(C(=O)O)CC(O)C(NC(C)=O)C(C(O)C(O)CO)O3)C2O)C(O)C1O)C(O)/C=C/CCCCCCCCCCCCCCCCCCCCCC. The fourth-order valence-corrected chi connectivity index (χ4v) is 14.1. The number of carbonyl (C=O) groups excluding carboxylic acids is 2. The van der Waals surface area contributed by atoms with Crippen molar-refractivity contribution < 1.29 is 104 Å². The zero-order valence-electron chi connectivity index (χ0n) is 63.7. The molecule has 3 rings (SSSR count). The summed E-state index contributed by atoms with van der Waals surface area (Å²) in [5.41, 5.74) is 0. The van der Waals surface area contributed by atoms with Gasteiger partial charge in [-0.05, 0) is 51.4 Å². The number of aliphatic carboxylic acids is 1. The lowest BCUT2D eigenvalue weighted by molar-refractivity contribution is -0.386. The molecule has 0 aromatic heterocycles. The number of hydrogen-bond acceptors (Lipinski definition) is 20. The van der Waals surface area contributed by atoms with Gasteiger partial charge in [0.05, 0.1) is 50.7 Å². The van der Waals surface area contributed by atoms with E-state index < -0.39 is 155 Å². The molecule has 23 nitrogen and oxygen atoms in total. The molecule has 3 aliphatic rings. The van der Waals surface area contributed by atoms with Gasteiger partial charge in [0.1, 0.15) is 67.1 Å². The molecule has 3 saturated heterocycles. The van der Waals surface area contributed by atoms with Crippen molar-refractivity contribution in [2.45, 2.75) is 426 Å². The van der Waals surface area contributed by atoms with E-state index in [1.165, 1.54) is 212 Å². The number of carbonyl (C=O) groups is 3. The van der Waals surface area contributed by atoms with Gasteiger partial charge in [-0.25, -0.2) is 4.79 Å². The number of carboxylic acids is 1. The molecule has 18 unspecified atom stereocenters. The number of amides is 2. The Morgan fingerprint density at radius 2 is 0.942 bits per heavy atom. The number of hydrogen-bond donors (Lipinski definition) is 14. The number of nitrogens with one attached hydrogen (secondary N) is 2. The number of aliphatic hydroxyl groups excluding tert-OH is 11. The van der Waals surface area contributed by atoms with Gasteiger partial charge in [-0.2, -0.15) is 0 Å². The molecule has 0 aliphatic carbocycles. The van der Waals surface area contributed by atoms with Gasteiger partial charge in [0.2, 0.25) is 11.8 Å². The van der Waals surface area contributed by atoms with Gasteiger partial charge in [0.15, 0.2) is 12.6 Å². The lowest BCUT2D eigenvalue weighted by atomic mass is 9.88. The average molecular weight is 1470 g/mol. The molecule has 0 bridgehead atoms. The molecule has 23 heteroatoms. The van der Waals surface area contributed by atoms with Crippen molar-refractivity contribution in [3.63, 3.8) is 0 Å².